The molecule has 6 nitrogen and oxygen atoms in total. The van der Waals surface area contributed by atoms with E-state index >= 15 is 0 Å². The van der Waals surface area contributed by atoms with Gasteiger partial charge in [-0.1, -0.05) is 23.2 Å². The van der Waals surface area contributed by atoms with Crippen LogP contribution >= 0.6 is 23.2 Å². The van der Waals surface area contributed by atoms with Gasteiger partial charge in [-0.05, 0) is 74.2 Å². The first-order valence-corrected chi connectivity index (χ1v) is 9.49. The lowest BCUT2D eigenvalue weighted by Gasteiger charge is -2.15. The summed E-state index contributed by atoms with van der Waals surface area (Å²) in [6.07, 6.45) is 2.71. The van der Waals surface area contributed by atoms with Crippen LogP contribution in [-0.2, 0) is 0 Å². The summed E-state index contributed by atoms with van der Waals surface area (Å²) >= 11 is 11.6. The van der Waals surface area contributed by atoms with Gasteiger partial charge in [0.05, 0.1) is 0 Å². The predicted octanol–water partition coefficient (Wildman–Crippen LogP) is 4.44. The number of benzene rings is 2. The van der Waals surface area contributed by atoms with Crippen molar-refractivity contribution in [3.05, 3.63) is 69.7 Å². The van der Waals surface area contributed by atoms with Crippen molar-refractivity contribution in [2.75, 3.05) is 0 Å². The average Bonchev–Trinajstić information content (AvgIpc) is 2.72. The van der Waals surface area contributed by atoms with Crippen LogP contribution in [0.1, 0.15) is 46.4 Å². The highest BCUT2D eigenvalue weighted by Crippen LogP contribution is 2.14. The molecule has 144 valence electrons. The van der Waals surface area contributed by atoms with Crippen molar-refractivity contribution in [1.82, 2.24) is 10.9 Å². The van der Waals surface area contributed by atoms with Crippen molar-refractivity contribution < 1.29 is 9.59 Å². The van der Waals surface area contributed by atoms with E-state index in [9.17, 15) is 9.59 Å². The molecule has 0 bridgehead atoms. The zero-order chi connectivity index (χ0) is 19.9. The largest absolute Gasteiger partial charge is 0.271 e. The molecule has 1 saturated carbocycles. The second kappa shape index (κ2) is 9.48. The lowest BCUT2D eigenvalue weighted by molar-refractivity contribution is 0.0946. The average molecular weight is 417 g/mol. The van der Waals surface area contributed by atoms with Crippen LogP contribution in [-0.4, -0.2) is 23.2 Å². The zero-order valence-corrected chi connectivity index (χ0v) is 16.4. The van der Waals surface area contributed by atoms with Crippen molar-refractivity contribution in [2.24, 2.45) is 10.2 Å². The summed E-state index contributed by atoms with van der Waals surface area (Å²) in [6.45, 7) is 0. The van der Waals surface area contributed by atoms with Crippen molar-refractivity contribution in [2.45, 2.75) is 25.7 Å². The Morgan fingerprint density at radius 3 is 1.29 bits per heavy atom. The molecule has 8 heteroatoms. The SMILES string of the molecule is O=C(NN=C1CCC(=NNC(=O)c2ccc(Cl)cc2)CC1)c1ccc(Cl)cc1. The number of nitrogens with zero attached hydrogens (tertiary/aromatic N) is 2. The van der Waals surface area contributed by atoms with Gasteiger partial charge in [-0.3, -0.25) is 9.59 Å². The minimum atomic E-state index is -0.279. The fourth-order valence-electron chi connectivity index (χ4n) is 2.64. The maximum Gasteiger partial charge on any atom is 0.271 e. The van der Waals surface area contributed by atoms with Crippen LogP contribution in [0.15, 0.2) is 58.7 Å². The van der Waals surface area contributed by atoms with Crippen LogP contribution in [0.5, 0.6) is 0 Å². The minimum absolute atomic E-state index is 0.279. The number of hydrogen-bond donors (Lipinski definition) is 2. The third-order valence-electron chi connectivity index (χ3n) is 4.25. The second-order valence-corrected chi connectivity index (χ2v) is 7.12. The molecule has 2 aromatic rings. The normalized spacial score (nSPS) is 13.6. The molecule has 0 heterocycles. The molecule has 0 aliphatic heterocycles. The lowest BCUT2D eigenvalue weighted by atomic mass is 9.97. The molecule has 2 aromatic carbocycles. The fraction of sp³-hybridized carbons (Fsp3) is 0.200. The molecule has 0 unspecified atom stereocenters. The Balaban J connectivity index is 1.48. The Morgan fingerprint density at radius 1 is 0.643 bits per heavy atom. The summed E-state index contributed by atoms with van der Waals surface area (Å²) in [5, 5.41) is 9.54. The number of amides is 2. The van der Waals surface area contributed by atoms with Crippen molar-refractivity contribution in [1.29, 1.82) is 0 Å². The van der Waals surface area contributed by atoms with Gasteiger partial charge in [0, 0.05) is 32.6 Å². The van der Waals surface area contributed by atoms with Crippen molar-refractivity contribution in [3.63, 3.8) is 0 Å². The quantitative estimate of drug-likeness (QED) is 0.721. The molecular formula is C20H18Cl2N4O2. The summed E-state index contributed by atoms with van der Waals surface area (Å²) in [5.41, 5.74) is 7.91. The first-order chi connectivity index (χ1) is 13.5. The third kappa shape index (κ3) is 5.65. The van der Waals surface area contributed by atoms with Gasteiger partial charge in [-0.15, -0.1) is 0 Å². The summed E-state index contributed by atoms with van der Waals surface area (Å²) in [5.74, 6) is -0.558. The molecule has 2 amide bonds. The van der Waals surface area contributed by atoms with E-state index in [-0.39, 0.29) is 11.8 Å². The second-order valence-electron chi connectivity index (χ2n) is 6.25. The van der Waals surface area contributed by atoms with Gasteiger partial charge in [0.25, 0.3) is 11.8 Å². The third-order valence-corrected chi connectivity index (χ3v) is 4.75. The highest BCUT2D eigenvalue weighted by Gasteiger charge is 2.14. The Bertz CT molecular complexity index is 833. The van der Waals surface area contributed by atoms with Crippen LogP contribution in [0.4, 0.5) is 0 Å². The number of halogens is 2. The van der Waals surface area contributed by atoms with Gasteiger partial charge >= 0.3 is 0 Å². The topological polar surface area (TPSA) is 82.9 Å². The molecular weight excluding hydrogens is 399 g/mol. The summed E-state index contributed by atoms with van der Waals surface area (Å²) < 4.78 is 0. The molecule has 28 heavy (non-hydrogen) atoms. The highest BCUT2D eigenvalue weighted by molar-refractivity contribution is 6.31. The van der Waals surface area contributed by atoms with Crippen LogP contribution in [0.25, 0.3) is 0 Å². The predicted molar refractivity (Wildman–Crippen MR) is 111 cm³/mol. The molecule has 0 atom stereocenters. The van der Waals surface area contributed by atoms with E-state index in [4.69, 9.17) is 23.2 Å². The Morgan fingerprint density at radius 2 is 0.964 bits per heavy atom. The number of hydrogen-bond acceptors (Lipinski definition) is 4. The van der Waals surface area contributed by atoms with E-state index in [2.05, 4.69) is 21.1 Å². The van der Waals surface area contributed by atoms with E-state index in [1.807, 2.05) is 0 Å². The Kier molecular flexibility index (Phi) is 6.79. The number of carbonyl (C=O) groups is 2. The molecule has 1 fully saturated rings. The molecule has 0 aromatic heterocycles. The standard InChI is InChI=1S/C20H18Cl2N4O2/c21-15-5-1-13(2-6-15)19(27)25-23-17-9-11-18(12-10-17)24-26-20(28)14-3-7-16(22)8-4-14/h1-8H,9-12H2,(H,25,27)(H,26,28). The smallest absolute Gasteiger partial charge is 0.267 e. The summed E-state index contributed by atoms with van der Waals surface area (Å²) in [7, 11) is 0. The number of hydrazone groups is 2. The molecule has 1 aliphatic carbocycles. The molecule has 0 radical (unpaired) electrons. The summed E-state index contributed by atoms with van der Waals surface area (Å²) in [6, 6.07) is 13.2. The van der Waals surface area contributed by atoms with Crippen LogP contribution in [0.3, 0.4) is 0 Å². The van der Waals surface area contributed by atoms with Crippen LogP contribution in [0, 0.1) is 0 Å². The van der Waals surface area contributed by atoms with E-state index in [1.165, 1.54) is 0 Å². The lowest BCUT2D eigenvalue weighted by Crippen LogP contribution is -2.24. The van der Waals surface area contributed by atoms with E-state index in [0.717, 1.165) is 11.4 Å². The van der Waals surface area contributed by atoms with Gasteiger partial charge in [-0.2, -0.15) is 10.2 Å². The maximum absolute atomic E-state index is 12.1. The molecule has 0 saturated heterocycles. The number of nitrogens with one attached hydrogen (secondary N) is 2. The van der Waals surface area contributed by atoms with Gasteiger partial charge in [0.1, 0.15) is 0 Å². The van der Waals surface area contributed by atoms with Crippen LogP contribution < -0.4 is 10.9 Å². The van der Waals surface area contributed by atoms with Crippen LogP contribution in [0.2, 0.25) is 10.0 Å². The van der Waals surface area contributed by atoms with Gasteiger partial charge in [-0.25, -0.2) is 10.9 Å². The van der Waals surface area contributed by atoms with Crippen molar-refractivity contribution >= 4 is 46.4 Å². The number of carbonyl (C=O) groups excluding carboxylic acids is 2. The first-order valence-electron chi connectivity index (χ1n) is 8.74. The van der Waals surface area contributed by atoms with E-state index in [1.54, 1.807) is 48.5 Å². The van der Waals surface area contributed by atoms with E-state index < -0.39 is 0 Å². The molecule has 3 rings (SSSR count). The molecule has 1 aliphatic rings. The summed E-state index contributed by atoms with van der Waals surface area (Å²) in [4.78, 5) is 24.1. The monoisotopic (exact) mass is 416 g/mol. The van der Waals surface area contributed by atoms with Gasteiger partial charge < -0.3 is 0 Å². The van der Waals surface area contributed by atoms with E-state index in [0.29, 0.717) is 46.9 Å². The molecule has 0 spiro atoms. The fourth-order valence-corrected chi connectivity index (χ4v) is 2.89. The highest BCUT2D eigenvalue weighted by atomic mass is 35.5. The van der Waals surface area contributed by atoms with Crippen molar-refractivity contribution in [3.8, 4) is 0 Å². The van der Waals surface area contributed by atoms with Gasteiger partial charge in [0.2, 0.25) is 0 Å². The zero-order valence-electron chi connectivity index (χ0n) is 14.9. The number of rotatable bonds is 4. The Labute approximate surface area is 172 Å². The minimum Gasteiger partial charge on any atom is -0.267 e. The Hall–Kier alpha value is -2.70. The van der Waals surface area contributed by atoms with Gasteiger partial charge in [0.15, 0.2) is 0 Å². The first kappa shape index (κ1) is 20.0. The maximum atomic E-state index is 12.1. The molecule has 2 N–H and O–H groups in total.